The van der Waals surface area contributed by atoms with Crippen molar-refractivity contribution in [3.05, 3.63) is 83.4 Å². The second kappa shape index (κ2) is 14.6. The van der Waals surface area contributed by atoms with Crippen molar-refractivity contribution in [3.8, 4) is 11.5 Å². The number of amides is 2. The number of benzene rings is 3. The maximum atomic E-state index is 14.2. The zero-order valence-electron chi connectivity index (χ0n) is 25.5. The van der Waals surface area contributed by atoms with Crippen molar-refractivity contribution >= 4 is 39.1 Å². The smallest absolute Gasteiger partial charge is 0.264 e. The van der Waals surface area contributed by atoms with E-state index in [0.717, 1.165) is 9.87 Å². The van der Waals surface area contributed by atoms with Gasteiger partial charge in [0.1, 0.15) is 24.1 Å². The van der Waals surface area contributed by atoms with Gasteiger partial charge in [-0.25, -0.2) is 8.42 Å². The molecule has 1 atom stereocenters. The van der Waals surface area contributed by atoms with E-state index in [-0.39, 0.29) is 23.0 Å². The highest BCUT2D eigenvalue weighted by atomic mass is 35.5. The molecule has 232 valence electrons. The molecule has 3 aromatic carbocycles. The zero-order valence-corrected chi connectivity index (χ0v) is 27.0. The first-order valence-electron chi connectivity index (χ1n) is 14.0. The normalized spacial score (nSPS) is 12.3. The third-order valence-electron chi connectivity index (χ3n) is 6.49. The topological polar surface area (TPSA) is 105 Å². The van der Waals surface area contributed by atoms with Gasteiger partial charge in [0.2, 0.25) is 11.8 Å². The second-order valence-electron chi connectivity index (χ2n) is 10.9. The van der Waals surface area contributed by atoms with E-state index in [1.165, 1.54) is 29.2 Å². The van der Waals surface area contributed by atoms with Crippen molar-refractivity contribution in [1.82, 2.24) is 10.2 Å². The number of sulfonamides is 1. The molecular weight excluding hydrogens is 590 g/mol. The largest absolute Gasteiger partial charge is 0.497 e. The fourth-order valence-corrected chi connectivity index (χ4v) is 6.02. The van der Waals surface area contributed by atoms with Crippen LogP contribution in [0.5, 0.6) is 11.5 Å². The maximum absolute atomic E-state index is 14.2. The molecule has 11 heteroatoms. The first-order valence-corrected chi connectivity index (χ1v) is 15.9. The van der Waals surface area contributed by atoms with Gasteiger partial charge in [0, 0.05) is 17.1 Å². The van der Waals surface area contributed by atoms with Crippen molar-refractivity contribution in [3.63, 3.8) is 0 Å². The van der Waals surface area contributed by atoms with Gasteiger partial charge >= 0.3 is 0 Å². The predicted octanol–water partition coefficient (Wildman–Crippen LogP) is 5.66. The van der Waals surface area contributed by atoms with Crippen LogP contribution in [0.3, 0.4) is 0 Å². The third kappa shape index (κ3) is 9.11. The summed E-state index contributed by atoms with van der Waals surface area (Å²) < 4.78 is 39.9. The molecule has 0 saturated carbocycles. The van der Waals surface area contributed by atoms with E-state index in [0.29, 0.717) is 29.5 Å². The fourth-order valence-electron chi connectivity index (χ4n) is 4.48. The molecule has 1 unspecified atom stereocenters. The Bertz CT molecular complexity index is 1490. The van der Waals surface area contributed by atoms with Crippen molar-refractivity contribution < 1.29 is 27.5 Å². The van der Waals surface area contributed by atoms with Crippen LogP contribution in [-0.2, 0) is 26.2 Å². The minimum Gasteiger partial charge on any atom is -0.497 e. The fraction of sp³-hybridized carbons (Fsp3) is 0.375. The van der Waals surface area contributed by atoms with Gasteiger partial charge < -0.3 is 19.7 Å². The lowest BCUT2D eigenvalue weighted by molar-refractivity contribution is -0.141. The molecule has 0 heterocycles. The Balaban J connectivity index is 2.08. The maximum Gasteiger partial charge on any atom is 0.264 e. The standard InChI is InChI=1S/C32H40ClN3O6S/c1-7-29(31(38)34-32(3,4)5)35(21-23-10-9-11-27(20-23)41-6)30(37)22-36(25-14-16-26(17-15-25)42-8-2)43(39,40)28-18-12-24(33)13-19-28/h9-20,29H,7-8,21-22H2,1-6H3,(H,34,38). The van der Waals surface area contributed by atoms with Crippen LogP contribution in [0.15, 0.2) is 77.7 Å². The van der Waals surface area contributed by atoms with Crippen molar-refractivity contribution in [2.75, 3.05) is 24.6 Å². The van der Waals surface area contributed by atoms with Gasteiger partial charge in [-0.1, -0.05) is 30.7 Å². The molecular formula is C32H40ClN3O6S. The molecule has 0 aliphatic heterocycles. The lowest BCUT2D eigenvalue weighted by Gasteiger charge is -2.34. The van der Waals surface area contributed by atoms with Crippen LogP contribution in [0.1, 0.15) is 46.6 Å². The number of hydrogen-bond acceptors (Lipinski definition) is 6. The Hall–Kier alpha value is -3.76. The van der Waals surface area contributed by atoms with Gasteiger partial charge in [-0.05, 0) is 100 Å². The number of nitrogens with zero attached hydrogens (tertiary/aromatic N) is 2. The van der Waals surface area contributed by atoms with E-state index in [1.54, 1.807) is 49.6 Å². The Morgan fingerprint density at radius 3 is 2.16 bits per heavy atom. The quantitative estimate of drug-likeness (QED) is 0.261. The Morgan fingerprint density at radius 1 is 0.953 bits per heavy atom. The summed E-state index contributed by atoms with van der Waals surface area (Å²) in [6.07, 6.45) is 0.310. The SMILES string of the molecule is CCOc1ccc(N(CC(=O)N(Cc2cccc(OC)c2)C(CC)C(=O)NC(C)(C)C)S(=O)(=O)c2ccc(Cl)cc2)cc1. The number of ether oxygens (including phenoxy) is 2. The van der Waals surface area contributed by atoms with Gasteiger partial charge in [0.15, 0.2) is 0 Å². The molecule has 0 bridgehead atoms. The molecule has 0 aromatic heterocycles. The summed E-state index contributed by atoms with van der Waals surface area (Å²) in [5, 5.41) is 3.34. The monoisotopic (exact) mass is 629 g/mol. The molecule has 0 aliphatic rings. The zero-order chi connectivity index (χ0) is 31.8. The summed E-state index contributed by atoms with van der Waals surface area (Å²) in [5.41, 5.74) is 0.449. The van der Waals surface area contributed by atoms with Gasteiger partial charge in [0.05, 0.1) is 24.3 Å². The number of anilines is 1. The Morgan fingerprint density at radius 2 is 1.60 bits per heavy atom. The molecule has 3 aromatic rings. The van der Waals surface area contributed by atoms with E-state index in [1.807, 2.05) is 40.7 Å². The number of methoxy groups -OCH3 is 1. The van der Waals surface area contributed by atoms with E-state index in [4.69, 9.17) is 21.1 Å². The molecule has 0 aliphatic carbocycles. The lowest BCUT2D eigenvalue weighted by atomic mass is 10.1. The summed E-state index contributed by atoms with van der Waals surface area (Å²) in [4.78, 5) is 29.1. The van der Waals surface area contributed by atoms with Crippen molar-refractivity contribution in [2.24, 2.45) is 0 Å². The molecule has 0 radical (unpaired) electrons. The second-order valence-corrected chi connectivity index (χ2v) is 13.2. The number of halogens is 1. The van der Waals surface area contributed by atoms with Crippen LogP contribution in [-0.4, -0.2) is 57.0 Å². The number of nitrogens with one attached hydrogen (secondary N) is 1. The van der Waals surface area contributed by atoms with E-state index >= 15 is 0 Å². The summed E-state index contributed by atoms with van der Waals surface area (Å²) >= 11 is 6.03. The minimum absolute atomic E-state index is 0.0320. The molecule has 0 spiro atoms. The molecule has 43 heavy (non-hydrogen) atoms. The first kappa shape index (κ1) is 33.7. The number of hydrogen-bond donors (Lipinski definition) is 1. The number of rotatable bonds is 13. The van der Waals surface area contributed by atoms with Crippen LogP contribution >= 0.6 is 11.6 Å². The molecule has 0 fully saturated rings. The average Bonchev–Trinajstić information content (AvgIpc) is 2.95. The highest BCUT2D eigenvalue weighted by Crippen LogP contribution is 2.28. The van der Waals surface area contributed by atoms with E-state index in [2.05, 4.69) is 5.32 Å². The van der Waals surface area contributed by atoms with Crippen molar-refractivity contribution in [1.29, 1.82) is 0 Å². The molecule has 9 nitrogen and oxygen atoms in total. The van der Waals surface area contributed by atoms with E-state index < -0.39 is 34.1 Å². The highest BCUT2D eigenvalue weighted by molar-refractivity contribution is 7.92. The minimum atomic E-state index is -4.22. The number of carbonyl (C=O) groups excluding carboxylic acids is 2. The number of carbonyl (C=O) groups is 2. The molecule has 2 amide bonds. The first-order chi connectivity index (χ1) is 20.3. The summed E-state index contributed by atoms with van der Waals surface area (Å²) in [6, 6.07) is 18.5. The molecule has 0 saturated heterocycles. The Kier molecular flexibility index (Phi) is 11.5. The van der Waals surface area contributed by atoms with Crippen LogP contribution in [0.4, 0.5) is 5.69 Å². The van der Waals surface area contributed by atoms with Gasteiger partial charge in [-0.3, -0.25) is 13.9 Å². The predicted molar refractivity (Wildman–Crippen MR) is 169 cm³/mol. The van der Waals surface area contributed by atoms with Crippen LogP contribution in [0, 0.1) is 0 Å². The lowest BCUT2D eigenvalue weighted by Crippen LogP contribution is -2.55. The van der Waals surface area contributed by atoms with Crippen LogP contribution < -0.4 is 19.1 Å². The summed E-state index contributed by atoms with van der Waals surface area (Å²) in [7, 11) is -2.68. The van der Waals surface area contributed by atoms with E-state index in [9.17, 15) is 18.0 Å². The average molecular weight is 630 g/mol. The van der Waals surface area contributed by atoms with Gasteiger partial charge in [0.25, 0.3) is 10.0 Å². The van der Waals surface area contributed by atoms with Gasteiger partial charge in [-0.15, -0.1) is 0 Å². The summed E-state index contributed by atoms with van der Waals surface area (Å²) in [6.45, 7) is 9.19. The molecule has 3 rings (SSSR count). The molecule has 1 N–H and O–H groups in total. The van der Waals surface area contributed by atoms with Crippen molar-refractivity contribution in [2.45, 2.75) is 64.1 Å². The van der Waals surface area contributed by atoms with Gasteiger partial charge in [-0.2, -0.15) is 0 Å². The summed E-state index contributed by atoms with van der Waals surface area (Å²) in [5.74, 6) is 0.272. The Labute approximate surface area is 259 Å². The van der Waals surface area contributed by atoms with Crippen LogP contribution in [0.25, 0.3) is 0 Å². The highest BCUT2D eigenvalue weighted by Gasteiger charge is 2.34. The van der Waals surface area contributed by atoms with Crippen LogP contribution in [0.2, 0.25) is 5.02 Å². The third-order valence-corrected chi connectivity index (χ3v) is 8.53.